The summed E-state index contributed by atoms with van der Waals surface area (Å²) in [4.78, 5) is 2.35. The van der Waals surface area contributed by atoms with Crippen LogP contribution in [0.2, 0.25) is 0 Å². The van der Waals surface area contributed by atoms with E-state index in [2.05, 4.69) is 383 Å². The minimum Gasteiger partial charge on any atom is -0.310 e. The van der Waals surface area contributed by atoms with Gasteiger partial charge in [0.25, 0.3) is 0 Å². The number of nitrogens with zero attached hydrogens (tertiary/aromatic N) is 5. The van der Waals surface area contributed by atoms with Crippen molar-refractivity contribution >= 4 is 82.5 Å². The van der Waals surface area contributed by atoms with E-state index in [-0.39, 0.29) is 0 Å². The zero-order chi connectivity index (χ0) is 63.6. The van der Waals surface area contributed by atoms with E-state index in [9.17, 15) is 5.26 Å². The minimum atomic E-state index is 0.555. The summed E-state index contributed by atoms with van der Waals surface area (Å²) in [5.74, 6) is 0. The molecule has 448 valence electrons. The van der Waals surface area contributed by atoms with Gasteiger partial charge < -0.3 is 18.6 Å². The van der Waals surface area contributed by atoms with Gasteiger partial charge in [-0.15, -0.1) is 0 Å². The third-order valence-corrected chi connectivity index (χ3v) is 19.2. The van der Waals surface area contributed by atoms with Crippen LogP contribution in [0.1, 0.15) is 5.56 Å². The molecule has 0 unspecified atom stereocenters. The minimum absolute atomic E-state index is 0.555. The zero-order valence-electron chi connectivity index (χ0n) is 52.3. The zero-order valence-corrected chi connectivity index (χ0v) is 52.3. The number of nitriles is 1. The van der Waals surface area contributed by atoms with Gasteiger partial charge in [-0.1, -0.05) is 261 Å². The lowest BCUT2D eigenvalue weighted by Gasteiger charge is -2.29. The van der Waals surface area contributed by atoms with E-state index >= 15 is 0 Å². The fourth-order valence-corrected chi connectivity index (χ4v) is 15.0. The fraction of sp³-hybridized carbons (Fsp3) is 0. The second-order valence-electron chi connectivity index (χ2n) is 24.6. The molecule has 0 aliphatic heterocycles. The molecule has 18 rings (SSSR count). The maximum atomic E-state index is 12.8. The number of rotatable bonds is 12. The summed E-state index contributed by atoms with van der Waals surface area (Å²) in [6, 6.07) is 132. The molecule has 0 aliphatic carbocycles. The van der Waals surface area contributed by atoms with E-state index in [0.29, 0.717) is 5.56 Å². The van der Waals surface area contributed by atoms with Crippen molar-refractivity contribution in [1.82, 2.24) is 13.7 Å². The molecule has 3 heterocycles. The molecule has 0 radical (unpaired) electrons. The topological polar surface area (TPSA) is 41.8 Å². The van der Waals surface area contributed by atoms with Crippen LogP contribution in [0.3, 0.4) is 0 Å². The van der Waals surface area contributed by atoms with Crippen molar-refractivity contribution in [3.8, 4) is 89.9 Å². The summed E-state index contributed by atoms with van der Waals surface area (Å²) < 4.78 is 7.54. The number of fused-ring (bicyclic) bond motifs is 9. The van der Waals surface area contributed by atoms with Crippen LogP contribution in [0.5, 0.6) is 0 Å². The predicted molar refractivity (Wildman–Crippen MR) is 401 cm³/mol. The van der Waals surface area contributed by atoms with Gasteiger partial charge in [-0.05, 0) is 153 Å². The number of hydrogen-bond acceptors (Lipinski definition) is 2. The molecule has 18 aromatic rings. The lowest BCUT2D eigenvalue weighted by molar-refractivity contribution is 1.05. The van der Waals surface area contributed by atoms with E-state index < -0.39 is 0 Å². The van der Waals surface area contributed by atoms with Crippen molar-refractivity contribution in [1.29, 1.82) is 5.26 Å². The lowest BCUT2D eigenvalue weighted by Crippen LogP contribution is -2.14. The van der Waals surface area contributed by atoms with Crippen molar-refractivity contribution in [2.24, 2.45) is 0 Å². The van der Waals surface area contributed by atoms with E-state index in [1.54, 1.807) is 0 Å². The van der Waals surface area contributed by atoms with Crippen LogP contribution < -0.4 is 4.90 Å². The van der Waals surface area contributed by atoms with Crippen LogP contribution in [0, 0.1) is 11.3 Å². The number of hydrogen-bond donors (Lipinski definition) is 0. The van der Waals surface area contributed by atoms with Gasteiger partial charge in [-0.2, -0.15) is 5.26 Å². The summed E-state index contributed by atoms with van der Waals surface area (Å²) in [6.07, 6.45) is 0. The second-order valence-corrected chi connectivity index (χ2v) is 24.6. The molecule has 0 saturated carbocycles. The second kappa shape index (κ2) is 23.3. The summed E-state index contributed by atoms with van der Waals surface area (Å²) >= 11 is 0. The van der Waals surface area contributed by atoms with Gasteiger partial charge in [0.05, 0.1) is 55.7 Å². The van der Waals surface area contributed by atoms with Crippen molar-refractivity contribution in [2.75, 3.05) is 4.90 Å². The van der Waals surface area contributed by atoms with E-state index in [4.69, 9.17) is 0 Å². The first-order valence-corrected chi connectivity index (χ1v) is 32.7. The number of anilines is 3. The van der Waals surface area contributed by atoms with Crippen LogP contribution in [-0.4, -0.2) is 13.7 Å². The smallest absolute Gasteiger partial charge is 0.101 e. The quantitative estimate of drug-likeness (QED) is 0.122. The first-order valence-electron chi connectivity index (χ1n) is 32.7. The molecule has 3 aromatic heterocycles. The Morgan fingerprint density at radius 2 is 0.479 bits per heavy atom. The summed E-state index contributed by atoms with van der Waals surface area (Å²) in [7, 11) is 0. The molecule has 0 saturated heterocycles. The molecule has 0 aliphatic rings. The van der Waals surface area contributed by atoms with E-state index in [1.165, 1.54) is 0 Å². The van der Waals surface area contributed by atoms with Crippen LogP contribution in [0.15, 0.2) is 358 Å². The average molecular weight is 1220 g/mol. The Hall–Kier alpha value is -13.0. The van der Waals surface area contributed by atoms with Crippen LogP contribution in [-0.2, 0) is 0 Å². The standard InChI is InChI=1S/C91H59N5/c92-60-80-87(65-35-17-5-18-36-65)89(94-82-50-45-67(61-27-9-1-10-28-61)55-75(82)76-56-68(46-51-83(76)94)62-29-11-2-12-30-62)91(96-81-44-26-25-43-74(81)79-59-73(49-54-86(79)96)93(71-39-21-7-22-40-71)72-41-23-8-24-42-72)90(88(80)66-37-19-6-20-38-66)95-84-52-47-69(63-31-13-3-14-32-63)57-77(84)78-58-70(48-53-85(78)95)64-33-15-4-16-34-64/h1-59H. The van der Waals surface area contributed by atoms with Crippen molar-refractivity contribution < 1.29 is 0 Å². The Morgan fingerprint density at radius 3 is 0.823 bits per heavy atom. The van der Waals surface area contributed by atoms with Crippen LogP contribution >= 0.6 is 0 Å². The largest absolute Gasteiger partial charge is 0.310 e. The summed E-state index contributed by atoms with van der Waals surface area (Å²) in [5, 5.41) is 19.4. The number of benzene rings is 15. The predicted octanol–water partition coefficient (Wildman–Crippen LogP) is 24.3. The van der Waals surface area contributed by atoms with Gasteiger partial charge in [0.15, 0.2) is 0 Å². The average Bonchev–Trinajstić information content (AvgIpc) is 1.45. The highest BCUT2D eigenvalue weighted by molar-refractivity contribution is 6.18. The van der Waals surface area contributed by atoms with E-state index in [0.717, 1.165) is 166 Å². The third-order valence-electron chi connectivity index (χ3n) is 19.2. The molecular formula is C91H59N5. The number of aromatic nitrogens is 3. The van der Waals surface area contributed by atoms with Gasteiger partial charge in [0.2, 0.25) is 0 Å². The van der Waals surface area contributed by atoms with Gasteiger partial charge in [-0.25, -0.2) is 0 Å². The van der Waals surface area contributed by atoms with Crippen molar-refractivity contribution in [3.63, 3.8) is 0 Å². The summed E-state index contributed by atoms with van der Waals surface area (Å²) in [6.45, 7) is 0. The SMILES string of the molecule is N#Cc1c(-c2ccccc2)c(-n2c3ccc(-c4ccccc4)cc3c3cc(-c4ccccc4)ccc32)c(-n2c3ccccc3c3cc(N(c4ccccc4)c4ccccc4)ccc32)c(-n2c3ccc(-c4ccccc4)cc3c3cc(-c4ccccc4)ccc32)c1-c1ccccc1. The molecule has 0 N–H and O–H groups in total. The highest BCUT2D eigenvalue weighted by atomic mass is 15.1. The van der Waals surface area contributed by atoms with Gasteiger partial charge in [-0.3, -0.25) is 0 Å². The maximum absolute atomic E-state index is 12.8. The molecule has 0 spiro atoms. The van der Waals surface area contributed by atoms with Crippen molar-refractivity contribution in [3.05, 3.63) is 363 Å². The Kier molecular flexibility index (Phi) is 13.5. The molecule has 15 aromatic carbocycles. The molecule has 96 heavy (non-hydrogen) atoms. The van der Waals surface area contributed by atoms with Gasteiger partial charge in [0, 0.05) is 60.5 Å². The highest BCUT2D eigenvalue weighted by Crippen LogP contribution is 2.53. The highest BCUT2D eigenvalue weighted by Gasteiger charge is 2.34. The normalized spacial score (nSPS) is 11.5. The number of para-hydroxylation sites is 3. The Labute approximate surface area is 556 Å². The van der Waals surface area contributed by atoms with Crippen LogP contribution in [0.4, 0.5) is 17.1 Å². The molecule has 5 nitrogen and oxygen atoms in total. The third kappa shape index (κ3) is 9.23. The van der Waals surface area contributed by atoms with Gasteiger partial charge in [0.1, 0.15) is 6.07 Å². The Balaban J connectivity index is 1.08. The van der Waals surface area contributed by atoms with Crippen molar-refractivity contribution in [2.45, 2.75) is 0 Å². The Bertz CT molecular complexity index is 5530. The molecule has 0 fully saturated rings. The maximum Gasteiger partial charge on any atom is 0.101 e. The lowest BCUT2D eigenvalue weighted by atomic mass is 9.87. The monoisotopic (exact) mass is 1220 g/mol. The van der Waals surface area contributed by atoms with Crippen LogP contribution in [0.25, 0.3) is 149 Å². The fourth-order valence-electron chi connectivity index (χ4n) is 15.0. The van der Waals surface area contributed by atoms with Gasteiger partial charge >= 0.3 is 0 Å². The Morgan fingerprint density at radius 1 is 0.208 bits per heavy atom. The molecule has 0 atom stereocenters. The first-order chi connectivity index (χ1) is 47.6. The van der Waals surface area contributed by atoms with E-state index in [1.807, 2.05) is 0 Å². The first kappa shape index (κ1) is 55.8. The summed E-state index contributed by atoms with van der Waals surface area (Å²) in [5.41, 5.74) is 24.8. The molecule has 0 amide bonds. The molecular weight excluding hydrogens is 1160 g/mol. The molecule has 5 heteroatoms. The molecule has 0 bridgehead atoms.